The zero-order valence-electron chi connectivity index (χ0n) is 12.3. The van der Waals surface area contributed by atoms with Crippen LogP contribution in [0.1, 0.15) is 11.4 Å². The first-order valence-corrected chi connectivity index (χ1v) is 8.20. The second-order valence-corrected chi connectivity index (χ2v) is 6.30. The third kappa shape index (κ3) is 3.51. The van der Waals surface area contributed by atoms with Crippen molar-refractivity contribution in [3.63, 3.8) is 0 Å². The first kappa shape index (κ1) is 15.1. The van der Waals surface area contributed by atoms with Crippen LogP contribution in [0.4, 0.5) is 0 Å². The van der Waals surface area contributed by atoms with Crippen LogP contribution in [0, 0.1) is 13.8 Å². The monoisotopic (exact) mass is 334 g/mol. The number of halogens is 1. The Morgan fingerprint density at radius 3 is 2.91 bits per heavy atom. The maximum absolute atomic E-state index is 5.91. The van der Waals surface area contributed by atoms with E-state index in [2.05, 4.69) is 15.1 Å². The number of rotatable bonds is 5. The van der Waals surface area contributed by atoms with Gasteiger partial charge in [-0.05, 0) is 38.1 Å². The van der Waals surface area contributed by atoms with Crippen molar-refractivity contribution >= 4 is 29.1 Å². The van der Waals surface area contributed by atoms with Crippen molar-refractivity contribution in [3.05, 3.63) is 46.7 Å². The number of fused-ring (bicyclic) bond motifs is 1. The summed E-state index contributed by atoms with van der Waals surface area (Å²) in [5, 5.41) is 5.82. The molecule has 0 radical (unpaired) electrons. The average molecular weight is 335 g/mol. The van der Waals surface area contributed by atoms with E-state index in [1.807, 2.05) is 38.1 Å². The number of nitrogens with zero attached hydrogens (tertiary/aromatic N) is 4. The van der Waals surface area contributed by atoms with Crippen LogP contribution >= 0.6 is 23.4 Å². The lowest BCUT2D eigenvalue weighted by Crippen LogP contribution is -2.00. The fourth-order valence-electron chi connectivity index (χ4n) is 2.06. The topological polar surface area (TPSA) is 52.3 Å². The van der Waals surface area contributed by atoms with Gasteiger partial charge in [0.05, 0.1) is 6.61 Å². The SMILES string of the molecule is Cc1cc(C)n2nc(SCCOc3cccc(Cl)c3)nc2n1. The fourth-order valence-corrected chi connectivity index (χ4v) is 2.87. The zero-order valence-corrected chi connectivity index (χ0v) is 13.9. The van der Waals surface area contributed by atoms with E-state index in [4.69, 9.17) is 16.3 Å². The van der Waals surface area contributed by atoms with Gasteiger partial charge in [-0.3, -0.25) is 0 Å². The molecule has 0 saturated carbocycles. The molecule has 0 aliphatic heterocycles. The van der Waals surface area contributed by atoms with Crippen molar-refractivity contribution in [1.82, 2.24) is 19.6 Å². The smallest absolute Gasteiger partial charge is 0.253 e. The molecule has 2 aromatic heterocycles. The van der Waals surface area contributed by atoms with E-state index in [-0.39, 0.29) is 0 Å². The summed E-state index contributed by atoms with van der Waals surface area (Å²) in [4.78, 5) is 8.79. The zero-order chi connectivity index (χ0) is 15.5. The van der Waals surface area contributed by atoms with E-state index >= 15 is 0 Å². The molecule has 22 heavy (non-hydrogen) atoms. The highest BCUT2D eigenvalue weighted by molar-refractivity contribution is 7.99. The molecule has 0 aliphatic carbocycles. The van der Waals surface area contributed by atoms with Crippen molar-refractivity contribution < 1.29 is 4.74 Å². The highest BCUT2D eigenvalue weighted by Gasteiger charge is 2.08. The molecule has 1 aromatic carbocycles. The normalized spacial score (nSPS) is 11.0. The Bertz CT molecular complexity index is 805. The van der Waals surface area contributed by atoms with Crippen LogP contribution in [0.15, 0.2) is 35.5 Å². The molecule has 0 saturated heterocycles. The number of ether oxygens (including phenoxy) is 1. The minimum atomic E-state index is 0.562. The van der Waals surface area contributed by atoms with Crippen molar-refractivity contribution in [3.8, 4) is 5.75 Å². The second-order valence-electron chi connectivity index (χ2n) is 4.80. The van der Waals surface area contributed by atoms with E-state index in [0.717, 1.165) is 22.9 Å². The first-order chi connectivity index (χ1) is 10.6. The lowest BCUT2D eigenvalue weighted by Gasteiger charge is -2.04. The summed E-state index contributed by atoms with van der Waals surface area (Å²) in [5.41, 5.74) is 1.97. The summed E-state index contributed by atoms with van der Waals surface area (Å²) in [6, 6.07) is 9.35. The van der Waals surface area contributed by atoms with Crippen molar-refractivity contribution in [1.29, 1.82) is 0 Å². The maximum atomic E-state index is 5.91. The van der Waals surface area contributed by atoms with Crippen LogP contribution in [0.25, 0.3) is 5.78 Å². The van der Waals surface area contributed by atoms with Gasteiger partial charge in [0, 0.05) is 22.2 Å². The Kier molecular flexibility index (Phi) is 4.49. The quantitative estimate of drug-likeness (QED) is 0.527. The predicted octanol–water partition coefficient (Wildman–Crippen LogP) is 3.57. The number of benzene rings is 1. The largest absolute Gasteiger partial charge is 0.493 e. The van der Waals surface area contributed by atoms with E-state index in [9.17, 15) is 0 Å². The molecule has 5 nitrogen and oxygen atoms in total. The van der Waals surface area contributed by atoms with E-state index < -0.39 is 0 Å². The molecule has 0 atom stereocenters. The van der Waals surface area contributed by atoms with E-state index in [1.165, 1.54) is 0 Å². The minimum absolute atomic E-state index is 0.562. The van der Waals surface area contributed by atoms with Gasteiger partial charge in [-0.15, -0.1) is 5.10 Å². The Morgan fingerprint density at radius 2 is 2.09 bits per heavy atom. The molecule has 0 bridgehead atoms. The summed E-state index contributed by atoms with van der Waals surface area (Å²) >= 11 is 7.45. The molecular formula is C15H15ClN4OS. The molecule has 0 aliphatic rings. The molecule has 0 amide bonds. The molecule has 2 heterocycles. The van der Waals surface area contributed by atoms with Gasteiger partial charge in [0.2, 0.25) is 5.16 Å². The molecule has 3 rings (SSSR count). The van der Waals surface area contributed by atoms with Gasteiger partial charge < -0.3 is 4.74 Å². The van der Waals surface area contributed by atoms with Crippen LogP contribution in [0.3, 0.4) is 0 Å². The minimum Gasteiger partial charge on any atom is -0.493 e. The molecular weight excluding hydrogens is 320 g/mol. The molecule has 3 aromatic rings. The number of aromatic nitrogens is 4. The lowest BCUT2D eigenvalue weighted by atomic mass is 10.3. The van der Waals surface area contributed by atoms with Crippen LogP contribution in [-0.2, 0) is 0 Å². The average Bonchev–Trinajstić information content (AvgIpc) is 2.87. The first-order valence-electron chi connectivity index (χ1n) is 6.84. The fraction of sp³-hybridized carbons (Fsp3) is 0.267. The third-order valence-corrected chi connectivity index (χ3v) is 4.02. The van der Waals surface area contributed by atoms with E-state index in [1.54, 1.807) is 22.3 Å². The summed E-state index contributed by atoms with van der Waals surface area (Å²) in [7, 11) is 0. The molecule has 0 unspecified atom stereocenters. The summed E-state index contributed by atoms with van der Waals surface area (Å²) < 4.78 is 7.40. The van der Waals surface area contributed by atoms with Gasteiger partial charge in [0.1, 0.15) is 5.75 Å². The van der Waals surface area contributed by atoms with Crippen LogP contribution in [0.2, 0.25) is 5.02 Å². The van der Waals surface area contributed by atoms with Crippen molar-refractivity contribution in [2.75, 3.05) is 12.4 Å². The summed E-state index contributed by atoms with van der Waals surface area (Å²) in [6.07, 6.45) is 0. The predicted molar refractivity (Wildman–Crippen MR) is 87.9 cm³/mol. The second kappa shape index (κ2) is 6.54. The van der Waals surface area contributed by atoms with Gasteiger partial charge in [-0.25, -0.2) is 9.50 Å². The van der Waals surface area contributed by atoms with Gasteiger partial charge in [-0.1, -0.05) is 29.4 Å². The third-order valence-electron chi connectivity index (χ3n) is 2.98. The van der Waals surface area contributed by atoms with Gasteiger partial charge in [0.15, 0.2) is 0 Å². The van der Waals surface area contributed by atoms with Crippen LogP contribution in [0.5, 0.6) is 5.75 Å². The Labute approximate surface area is 137 Å². The van der Waals surface area contributed by atoms with Gasteiger partial charge in [-0.2, -0.15) is 4.98 Å². The molecule has 0 N–H and O–H groups in total. The molecule has 0 fully saturated rings. The molecule has 0 spiro atoms. The number of hydrogen-bond donors (Lipinski definition) is 0. The van der Waals surface area contributed by atoms with Gasteiger partial charge in [0.25, 0.3) is 5.78 Å². The highest BCUT2D eigenvalue weighted by atomic mass is 35.5. The number of thioether (sulfide) groups is 1. The standard InChI is InChI=1S/C15H15ClN4OS/c1-10-8-11(2)20-14(17-10)18-15(19-20)22-7-6-21-13-5-3-4-12(16)9-13/h3-5,8-9H,6-7H2,1-2H3. The summed E-state index contributed by atoms with van der Waals surface area (Å²) in [5.74, 6) is 2.15. The molecule has 114 valence electrons. The Balaban J connectivity index is 1.59. The van der Waals surface area contributed by atoms with Crippen molar-refractivity contribution in [2.24, 2.45) is 0 Å². The van der Waals surface area contributed by atoms with E-state index in [0.29, 0.717) is 22.6 Å². The highest BCUT2D eigenvalue weighted by Crippen LogP contribution is 2.19. The maximum Gasteiger partial charge on any atom is 0.253 e. The van der Waals surface area contributed by atoms with Crippen LogP contribution < -0.4 is 4.74 Å². The summed E-state index contributed by atoms with van der Waals surface area (Å²) in [6.45, 7) is 4.51. The van der Waals surface area contributed by atoms with Crippen LogP contribution in [-0.4, -0.2) is 31.9 Å². The number of hydrogen-bond acceptors (Lipinski definition) is 5. The number of aryl methyl sites for hydroxylation is 2. The van der Waals surface area contributed by atoms with Gasteiger partial charge >= 0.3 is 0 Å². The Morgan fingerprint density at radius 1 is 1.23 bits per heavy atom. The van der Waals surface area contributed by atoms with Crippen molar-refractivity contribution in [2.45, 2.75) is 19.0 Å². The molecule has 7 heteroatoms. The lowest BCUT2D eigenvalue weighted by molar-refractivity contribution is 0.344. The Hall–Kier alpha value is -1.79.